The van der Waals surface area contributed by atoms with Gasteiger partial charge in [-0.1, -0.05) is 197 Å². The first-order valence-corrected chi connectivity index (χ1v) is 35.4. The summed E-state index contributed by atoms with van der Waals surface area (Å²) >= 11 is 0. The van der Waals surface area contributed by atoms with Gasteiger partial charge in [-0.25, -0.2) is 0 Å². The van der Waals surface area contributed by atoms with E-state index in [9.17, 15) is 0 Å². The minimum Gasteiger partial charge on any atom is -0.338 e. The molecular formula is C89H91N6+3. The highest BCUT2D eigenvalue weighted by atomic mass is 15.0. The van der Waals surface area contributed by atoms with E-state index in [1.165, 1.54) is 242 Å². The predicted octanol–water partition coefficient (Wildman–Crippen LogP) is 21.6. The normalized spacial score (nSPS) is 15.6. The molecule has 6 heteroatoms. The van der Waals surface area contributed by atoms with E-state index in [0.29, 0.717) is 0 Å². The number of hydrogen-bond donors (Lipinski definition) is 0. The van der Waals surface area contributed by atoms with Crippen LogP contribution >= 0.6 is 0 Å². The first kappa shape index (κ1) is 59.4. The van der Waals surface area contributed by atoms with Crippen LogP contribution in [0.25, 0.3) is 132 Å². The molecule has 6 nitrogen and oxygen atoms in total. The van der Waals surface area contributed by atoms with Gasteiger partial charge < -0.3 is 13.7 Å². The molecular weight excluding hydrogens is 1150 g/mol. The van der Waals surface area contributed by atoms with Crippen LogP contribution in [0.2, 0.25) is 0 Å². The second-order valence-corrected chi connectivity index (χ2v) is 28.5. The monoisotopic (exact) mass is 1240 g/mol. The average molecular weight is 1250 g/mol. The van der Waals surface area contributed by atoms with Crippen LogP contribution in [-0.4, -0.2) is 13.7 Å². The Morgan fingerprint density at radius 3 is 0.937 bits per heavy atom. The van der Waals surface area contributed by atoms with Gasteiger partial charge in [-0.2, -0.15) is 13.7 Å². The van der Waals surface area contributed by atoms with Gasteiger partial charge in [0.2, 0.25) is 17.1 Å². The van der Waals surface area contributed by atoms with Gasteiger partial charge in [0.1, 0.15) is 37.7 Å². The van der Waals surface area contributed by atoms with Gasteiger partial charge in [0.25, 0.3) is 0 Å². The molecule has 0 aliphatic heterocycles. The third kappa shape index (κ3) is 10.4. The number of aryl methyl sites for hydroxylation is 9. The zero-order chi connectivity index (χ0) is 65.7. The Morgan fingerprint density at radius 2 is 0.589 bits per heavy atom. The molecule has 0 atom stereocenters. The summed E-state index contributed by atoms with van der Waals surface area (Å²) < 4.78 is 23.1. The van der Waals surface area contributed by atoms with Crippen LogP contribution < -0.4 is 13.7 Å². The summed E-state index contributed by atoms with van der Waals surface area (Å²) in [7, 11) is 13.1. The maximum atomic E-state index is 9.09. The Bertz CT molecular complexity index is 5580. The minimum absolute atomic E-state index is 0.425. The van der Waals surface area contributed by atoms with E-state index < -0.39 is 5.89 Å². The van der Waals surface area contributed by atoms with E-state index in [1.807, 2.05) is 0 Å². The van der Waals surface area contributed by atoms with E-state index in [-0.39, 0.29) is 0 Å². The molecule has 3 aliphatic rings. The van der Waals surface area contributed by atoms with Crippen molar-refractivity contribution >= 4 is 97.7 Å². The van der Waals surface area contributed by atoms with Crippen LogP contribution in [0.1, 0.15) is 142 Å². The Morgan fingerprint density at radius 1 is 0.305 bits per heavy atom. The number of pyridine rings is 3. The van der Waals surface area contributed by atoms with Crippen molar-refractivity contribution in [2.45, 2.75) is 128 Å². The second-order valence-electron chi connectivity index (χ2n) is 28.5. The Kier molecular flexibility index (Phi) is 15.5. The summed E-state index contributed by atoms with van der Waals surface area (Å²) in [5.74, 6) is 1.06. The average Bonchev–Trinajstić information content (AvgIpc) is 1.58. The molecule has 3 saturated carbocycles. The second kappa shape index (κ2) is 24.7. The maximum absolute atomic E-state index is 9.09. The lowest BCUT2D eigenvalue weighted by Crippen LogP contribution is -2.31. The molecule has 9 aromatic carbocycles. The third-order valence-corrected chi connectivity index (χ3v) is 22.8. The van der Waals surface area contributed by atoms with Gasteiger partial charge in [-0.3, -0.25) is 0 Å². The molecule has 0 spiro atoms. The number of fused-ring (bicyclic) bond motifs is 15. The van der Waals surface area contributed by atoms with Gasteiger partial charge in [0.15, 0.2) is 18.6 Å². The zero-order valence-corrected chi connectivity index (χ0v) is 57.3. The van der Waals surface area contributed by atoms with Gasteiger partial charge in [0.05, 0.1) is 33.2 Å². The van der Waals surface area contributed by atoms with E-state index in [0.717, 1.165) is 24.7 Å². The lowest BCUT2D eigenvalue weighted by molar-refractivity contribution is -0.659. The molecule has 0 N–H and O–H groups in total. The van der Waals surface area contributed by atoms with E-state index in [4.69, 9.17) is 1.37 Å². The zero-order valence-electron chi connectivity index (χ0n) is 58.3. The summed E-state index contributed by atoms with van der Waals surface area (Å²) in [5, 5.41) is 15.9. The smallest absolute Gasteiger partial charge is 0.237 e. The highest BCUT2D eigenvalue weighted by molar-refractivity contribution is 6.22. The van der Waals surface area contributed by atoms with Crippen LogP contribution in [0.5, 0.6) is 0 Å². The van der Waals surface area contributed by atoms with Crippen LogP contribution in [-0.2, 0) is 42.3 Å². The molecule has 18 rings (SSSR count). The fraction of sp³-hybridized carbons (Fsp3) is 0.292. The molecule has 3 fully saturated rings. The Hall–Kier alpha value is -9.39. The van der Waals surface area contributed by atoms with Gasteiger partial charge in [-0.05, 0) is 145 Å². The highest BCUT2D eigenvalue weighted by Gasteiger charge is 2.28. The first-order chi connectivity index (χ1) is 46.7. The molecule has 15 aromatic rings. The summed E-state index contributed by atoms with van der Waals surface area (Å²) in [4.78, 5) is 0. The Balaban J connectivity index is 0.000000113. The van der Waals surface area contributed by atoms with E-state index in [2.05, 4.69) is 291 Å². The number of rotatable bonds is 6. The van der Waals surface area contributed by atoms with E-state index >= 15 is 0 Å². The molecule has 0 saturated heterocycles. The Labute approximate surface area is 561 Å². The van der Waals surface area contributed by atoms with Crippen LogP contribution in [0.15, 0.2) is 201 Å². The summed E-state index contributed by atoms with van der Waals surface area (Å²) in [5.41, 5.74) is 23.7. The lowest BCUT2D eigenvalue weighted by Gasteiger charge is -2.22. The molecule has 0 amide bonds. The minimum atomic E-state index is -0.425. The van der Waals surface area contributed by atoms with Crippen LogP contribution in [0.3, 0.4) is 0 Å². The maximum Gasteiger partial charge on any atom is 0.237 e. The fourth-order valence-electron chi connectivity index (χ4n) is 17.8. The highest BCUT2D eigenvalue weighted by Crippen LogP contribution is 2.44. The van der Waals surface area contributed by atoms with Crippen molar-refractivity contribution in [2.24, 2.45) is 42.3 Å². The molecule has 0 unspecified atom stereocenters. The summed E-state index contributed by atoms with van der Waals surface area (Å²) in [6.45, 7) is 6.60. The van der Waals surface area contributed by atoms with Gasteiger partial charge in [-0.15, -0.1) is 0 Å². The number of hydrogen-bond acceptors (Lipinski definition) is 0. The van der Waals surface area contributed by atoms with Crippen molar-refractivity contribution in [3.05, 3.63) is 234 Å². The fourth-order valence-corrected chi connectivity index (χ4v) is 17.8. The van der Waals surface area contributed by atoms with Crippen molar-refractivity contribution in [1.29, 1.82) is 0 Å². The molecule has 3 aliphatic carbocycles. The van der Waals surface area contributed by atoms with Crippen molar-refractivity contribution < 1.29 is 15.1 Å². The number of benzene rings is 9. The van der Waals surface area contributed by atoms with Crippen molar-refractivity contribution in [1.82, 2.24) is 13.7 Å². The van der Waals surface area contributed by atoms with Crippen molar-refractivity contribution in [3.8, 4) is 33.8 Å². The van der Waals surface area contributed by atoms with Crippen molar-refractivity contribution in [3.63, 3.8) is 0 Å². The van der Waals surface area contributed by atoms with Crippen LogP contribution in [0.4, 0.5) is 0 Å². The topological polar surface area (TPSA) is 26.4 Å². The largest absolute Gasteiger partial charge is 0.338 e. The molecule has 95 heavy (non-hydrogen) atoms. The van der Waals surface area contributed by atoms with Gasteiger partial charge >= 0.3 is 0 Å². The molecule has 474 valence electrons. The summed E-state index contributed by atoms with van der Waals surface area (Å²) in [6.07, 6.45) is 24.5. The van der Waals surface area contributed by atoms with Crippen molar-refractivity contribution in [2.75, 3.05) is 0 Å². The van der Waals surface area contributed by atoms with Crippen LogP contribution in [0, 0.1) is 20.8 Å². The lowest BCUT2D eigenvalue weighted by atomic mass is 9.83. The summed E-state index contributed by atoms with van der Waals surface area (Å²) in [6, 6.07) is 68.0. The molecule has 0 bridgehead atoms. The molecule has 6 aromatic heterocycles. The van der Waals surface area contributed by atoms with Gasteiger partial charge in [0, 0.05) is 89.2 Å². The molecule has 6 heterocycles. The number of nitrogens with zero attached hydrogens (tertiary/aromatic N) is 6. The first-order valence-electron chi connectivity index (χ1n) is 35.9. The third-order valence-electron chi connectivity index (χ3n) is 22.8. The van der Waals surface area contributed by atoms with E-state index in [1.54, 1.807) is 0 Å². The SMILES string of the molecule is Cc1ccccc1-c1c2c(cc[n+]1C)c1ccc3cc(C4CCCC4)ccc3c1n2C.Cc1ccccc1-c1c2c(cc[n+]1C)c1ccc3cc(C4CCCCC4)ccc3c1n2C.[2H]C1(c2ccc3c(ccc4c5cc[n+](C)c(-c6ccccc6C)c5n(C)c34)c2)CCCCC1. The number of aromatic nitrogens is 6. The standard InChI is InChI=1S/2C30H31N2.C29H29N2/c2*1-20-9-7-8-12-24(20)29-30-27(17-18-31(29)2)26-16-14-23-19-22(21-10-5-4-6-11-21)13-15-25(23)28(26)32(30)3;1-19-8-4-7-11-23(19)28-29-26(16-17-30(28)2)25-15-13-22-18-21(20-9-5-6-10-20)12-14-24(22)27(25)31(29)3/h2*7-9,12-19,21H,4-6,10-11H2,1-3H3;4,7-8,11-18,20H,5-6,9-10H2,1-3H3/q3*+1/i21D;;. The predicted molar refractivity (Wildman–Crippen MR) is 401 cm³/mol. The quantitative estimate of drug-likeness (QED) is 0.148. The molecule has 0 radical (unpaired) electrons.